The Kier molecular flexibility index (Phi) is 4.04. The summed E-state index contributed by atoms with van der Waals surface area (Å²) in [5.74, 6) is 1.02. The number of anilines is 1. The zero-order valence-corrected chi connectivity index (χ0v) is 11.0. The summed E-state index contributed by atoms with van der Waals surface area (Å²) in [5, 5.41) is 1.26. The van der Waals surface area contributed by atoms with Crippen LogP contribution in [0, 0.1) is 5.92 Å². The molecule has 0 amide bonds. The van der Waals surface area contributed by atoms with Gasteiger partial charge in [0.1, 0.15) is 0 Å². The molecule has 6 heteroatoms. The topological polar surface area (TPSA) is 73.9 Å². The van der Waals surface area contributed by atoms with Crippen molar-refractivity contribution in [2.45, 2.75) is 43.0 Å². The van der Waals surface area contributed by atoms with Gasteiger partial charge in [-0.15, -0.1) is 0 Å². The Morgan fingerprint density at radius 2 is 2.12 bits per heavy atom. The number of aromatic nitrogens is 3. The van der Waals surface area contributed by atoms with Crippen LogP contribution in [0.25, 0.3) is 0 Å². The van der Waals surface area contributed by atoms with E-state index in [-0.39, 0.29) is 5.95 Å². The van der Waals surface area contributed by atoms with Gasteiger partial charge in [0.2, 0.25) is 5.95 Å². The monoisotopic (exact) mass is 254 g/mol. The minimum atomic E-state index is 0.225. The van der Waals surface area contributed by atoms with Crippen molar-refractivity contribution in [2.24, 2.45) is 5.92 Å². The summed E-state index contributed by atoms with van der Waals surface area (Å²) >= 11 is 1.69. The number of ether oxygens (including phenoxy) is 1. The quantitative estimate of drug-likeness (QED) is 0.890. The van der Waals surface area contributed by atoms with Crippen molar-refractivity contribution in [3.8, 4) is 6.01 Å². The normalized spacial score (nSPS) is 24.6. The van der Waals surface area contributed by atoms with Crippen LogP contribution < -0.4 is 10.5 Å². The summed E-state index contributed by atoms with van der Waals surface area (Å²) in [5.41, 5.74) is 5.61. The van der Waals surface area contributed by atoms with Crippen molar-refractivity contribution in [3.63, 3.8) is 0 Å². The van der Waals surface area contributed by atoms with Gasteiger partial charge in [0.05, 0.1) is 7.11 Å². The lowest BCUT2D eigenvalue weighted by molar-refractivity contribution is 0.373. The number of nitrogens with zero attached hydrogens (tertiary/aromatic N) is 3. The van der Waals surface area contributed by atoms with Crippen molar-refractivity contribution in [2.75, 3.05) is 12.8 Å². The zero-order chi connectivity index (χ0) is 12.3. The molecular weight excluding hydrogens is 236 g/mol. The van der Waals surface area contributed by atoms with Gasteiger partial charge in [-0.2, -0.15) is 15.0 Å². The highest BCUT2D eigenvalue weighted by molar-refractivity contribution is 7.99. The first kappa shape index (κ1) is 12.4. The molecule has 1 aromatic heterocycles. The fraction of sp³-hybridized carbons (Fsp3) is 0.727. The van der Waals surface area contributed by atoms with E-state index in [1.807, 2.05) is 0 Å². The predicted molar refractivity (Wildman–Crippen MR) is 68.1 cm³/mol. The summed E-state index contributed by atoms with van der Waals surface area (Å²) < 4.78 is 4.99. The molecule has 1 aromatic rings. The first-order valence-corrected chi connectivity index (χ1v) is 6.77. The van der Waals surface area contributed by atoms with Crippen LogP contribution in [-0.4, -0.2) is 27.3 Å². The van der Waals surface area contributed by atoms with Crippen LogP contribution in [0.15, 0.2) is 5.16 Å². The van der Waals surface area contributed by atoms with E-state index >= 15 is 0 Å². The Hall–Kier alpha value is -1.04. The summed E-state index contributed by atoms with van der Waals surface area (Å²) in [4.78, 5) is 12.2. The number of nitrogens with two attached hydrogens (primary N) is 1. The molecule has 0 bridgehead atoms. The van der Waals surface area contributed by atoms with Gasteiger partial charge in [0.25, 0.3) is 0 Å². The molecule has 0 saturated heterocycles. The number of hydrogen-bond acceptors (Lipinski definition) is 6. The summed E-state index contributed by atoms with van der Waals surface area (Å²) in [6.45, 7) is 2.30. The molecule has 2 atom stereocenters. The van der Waals surface area contributed by atoms with Crippen LogP contribution in [0.3, 0.4) is 0 Å². The summed E-state index contributed by atoms with van der Waals surface area (Å²) in [6, 6.07) is 0.295. The van der Waals surface area contributed by atoms with Gasteiger partial charge in [0, 0.05) is 5.25 Å². The van der Waals surface area contributed by atoms with Gasteiger partial charge >= 0.3 is 6.01 Å². The molecule has 1 heterocycles. The van der Waals surface area contributed by atoms with E-state index in [0.29, 0.717) is 16.4 Å². The highest BCUT2D eigenvalue weighted by atomic mass is 32.2. The molecule has 2 unspecified atom stereocenters. The molecule has 0 radical (unpaired) electrons. The third kappa shape index (κ3) is 3.46. The third-order valence-corrected chi connectivity index (χ3v) is 4.11. The predicted octanol–water partition coefficient (Wildman–Crippen LogP) is 2.13. The van der Waals surface area contributed by atoms with Crippen molar-refractivity contribution >= 4 is 17.7 Å². The molecular formula is C11H18N4OS. The molecule has 1 aliphatic carbocycles. The maximum Gasteiger partial charge on any atom is 0.321 e. The number of hydrogen-bond donors (Lipinski definition) is 1. The second-order valence-corrected chi connectivity index (χ2v) is 5.74. The van der Waals surface area contributed by atoms with Crippen molar-refractivity contribution in [1.29, 1.82) is 0 Å². The van der Waals surface area contributed by atoms with Crippen LogP contribution in [0.4, 0.5) is 5.95 Å². The average Bonchev–Trinajstić information content (AvgIpc) is 2.28. The molecule has 5 nitrogen and oxygen atoms in total. The molecule has 1 fully saturated rings. The zero-order valence-electron chi connectivity index (χ0n) is 10.2. The SMILES string of the molecule is COc1nc(N)nc(SC2CCCC(C)C2)n1. The van der Waals surface area contributed by atoms with E-state index in [9.17, 15) is 0 Å². The van der Waals surface area contributed by atoms with E-state index in [1.165, 1.54) is 32.8 Å². The van der Waals surface area contributed by atoms with Crippen molar-refractivity contribution < 1.29 is 4.74 Å². The second-order valence-electron chi connectivity index (χ2n) is 4.47. The van der Waals surface area contributed by atoms with Crippen LogP contribution in [0.5, 0.6) is 6.01 Å². The minimum Gasteiger partial charge on any atom is -0.467 e. The molecule has 2 rings (SSSR count). The molecule has 2 N–H and O–H groups in total. The minimum absolute atomic E-state index is 0.225. The highest BCUT2D eigenvalue weighted by Crippen LogP contribution is 2.35. The van der Waals surface area contributed by atoms with Crippen LogP contribution in [0.1, 0.15) is 32.6 Å². The second kappa shape index (κ2) is 5.53. The Morgan fingerprint density at radius 1 is 1.29 bits per heavy atom. The van der Waals surface area contributed by atoms with E-state index in [1.54, 1.807) is 11.8 Å². The Morgan fingerprint density at radius 3 is 2.82 bits per heavy atom. The van der Waals surface area contributed by atoms with E-state index in [0.717, 1.165) is 5.92 Å². The molecule has 1 saturated carbocycles. The molecule has 17 heavy (non-hydrogen) atoms. The number of methoxy groups -OCH3 is 1. The molecule has 94 valence electrons. The van der Waals surface area contributed by atoms with E-state index in [2.05, 4.69) is 21.9 Å². The summed E-state index contributed by atoms with van der Waals surface area (Å²) in [6.07, 6.45) is 5.07. The molecule has 0 aliphatic heterocycles. The van der Waals surface area contributed by atoms with Crippen LogP contribution in [0.2, 0.25) is 0 Å². The van der Waals surface area contributed by atoms with Gasteiger partial charge in [-0.1, -0.05) is 31.5 Å². The highest BCUT2D eigenvalue weighted by Gasteiger charge is 2.21. The van der Waals surface area contributed by atoms with Crippen molar-refractivity contribution in [1.82, 2.24) is 15.0 Å². The fourth-order valence-corrected chi connectivity index (χ4v) is 3.42. The summed E-state index contributed by atoms with van der Waals surface area (Å²) in [7, 11) is 1.53. The van der Waals surface area contributed by atoms with Gasteiger partial charge in [-0.3, -0.25) is 0 Å². The lowest BCUT2D eigenvalue weighted by Crippen LogP contribution is -2.15. The maximum absolute atomic E-state index is 5.61. The Balaban J connectivity index is 2.04. The number of thioether (sulfide) groups is 1. The molecule has 0 aromatic carbocycles. The largest absolute Gasteiger partial charge is 0.467 e. The fourth-order valence-electron chi connectivity index (χ4n) is 2.13. The van der Waals surface area contributed by atoms with Crippen LogP contribution >= 0.6 is 11.8 Å². The lowest BCUT2D eigenvalue weighted by atomic mass is 9.91. The third-order valence-electron chi connectivity index (χ3n) is 2.95. The van der Waals surface area contributed by atoms with Gasteiger partial charge in [0.15, 0.2) is 5.16 Å². The molecule has 1 aliphatic rings. The number of nitrogen functional groups attached to an aromatic ring is 1. The van der Waals surface area contributed by atoms with Crippen LogP contribution in [-0.2, 0) is 0 Å². The Bertz CT molecular complexity index is 388. The Labute approximate surface area is 106 Å². The molecule has 0 spiro atoms. The first-order chi connectivity index (χ1) is 8.17. The average molecular weight is 254 g/mol. The van der Waals surface area contributed by atoms with E-state index < -0.39 is 0 Å². The van der Waals surface area contributed by atoms with Gasteiger partial charge in [-0.25, -0.2) is 0 Å². The van der Waals surface area contributed by atoms with Crippen molar-refractivity contribution in [3.05, 3.63) is 0 Å². The van der Waals surface area contributed by atoms with Gasteiger partial charge in [-0.05, 0) is 18.8 Å². The van der Waals surface area contributed by atoms with Gasteiger partial charge < -0.3 is 10.5 Å². The first-order valence-electron chi connectivity index (χ1n) is 5.89. The number of rotatable bonds is 3. The standard InChI is InChI=1S/C11H18N4OS/c1-7-4-3-5-8(6-7)17-11-14-9(12)13-10(15-11)16-2/h7-8H,3-6H2,1-2H3,(H2,12,13,14,15). The smallest absolute Gasteiger partial charge is 0.321 e. The maximum atomic E-state index is 5.61. The lowest BCUT2D eigenvalue weighted by Gasteiger charge is -2.25. The van der Waals surface area contributed by atoms with E-state index in [4.69, 9.17) is 10.5 Å².